The van der Waals surface area contributed by atoms with Gasteiger partial charge in [-0.15, -0.1) is 0 Å². The Bertz CT molecular complexity index is 235. The van der Waals surface area contributed by atoms with E-state index in [1.807, 2.05) is 7.11 Å². The zero-order valence-electron chi connectivity index (χ0n) is 13.1. The van der Waals surface area contributed by atoms with Crippen molar-refractivity contribution in [2.45, 2.75) is 53.1 Å². The molecule has 0 saturated carbocycles. The number of rotatable bonds is 4. The van der Waals surface area contributed by atoms with Crippen molar-refractivity contribution in [1.82, 2.24) is 10.2 Å². The van der Waals surface area contributed by atoms with Crippen molar-refractivity contribution in [2.75, 3.05) is 33.4 Å². The summed E-state index contributed by atoms with van der Waals surface area (Å²) in [6, 6.07) is 1.11. The predicted octanol–water partition coefficient (Wildman–Crippen LogP) is 2.37. The molecule has 0 aromatic carbocycles. The van der Waals surface area contributed by atoms with E-state index in [4.69, 9.17) is 4.74 Å². The molecule has 0 aliphatic carbocycles. The molecule has 18 heavy (non-hydrogen) atoms. The Balaban J connectivity index is 2.73. The molecule has 0 bridgehead atoms. The average molecular weight is 256 g/mol. The Morgan fingerprint density at radius 2 is 2.00 bits per heavy atom. The summed E-state index contributed by atoms with van der Waals surface area (Å²) in [6.07, 6.45) is 1.24. The molecule has 2 unspecified atom stereocenters. The molecule has 1 aliphatic rings. The molecule has 1 aliphatic heterocycles. The first-order valence-corrected chi connectivity index (χ1v) is 7.32. The molecule has 0 spiro atoms. The minimum Gasteiger partial charge on any atom is -0.383 e. The standard InChI is InChI=1S/C15H32N2O/c1-12(2)13(11-18-6)17-9-7-8-16-14(10-17)15(3,4)5/h12-14,16H,7-11H2,1-6H3. The highest BCUT2D eigenvalue weighted by molar-refractivity contribution is 4.88. The van der Waals surface area contributed by atoms with Crippen LogP contribution in [-0.2, 0) is 4.74 Å². The van der Waals surface area contributed by atoms with Crippen LogP contribution in [0.15, 0.2) is 0 Å². The van der Waals surface area contributed by atoms with E-state index in [0.29, 0.717) is 23.4 Å². The van der Waals surface area contributed by atoms with Crippen LogP contribution in [0, 0.1) is 11.3 Å². The van der Waals surface area contributed by atoms with Gasteiger partial charge in [0.2, 0.25) is 0 Å². The van der Waals surface area contributed by atoms with Crippen molar-refractivity contribution in [2.24, 2.45) is 11.3 Å². The fourth-order valence-electron chi connectivity index (χ4n) is 2.72. The quantitative estimate of drug-likeness (QED) is 0.836. The van der Waals surface area contributed by atoms with Crippen LogP contribution in [0.3, 0.4) is 0 Å². The van der Waals surface area contributed by atoms with Gasteiger partial charge < -0.3 is 10.1 Å². The van der Waals surface area contributed by atoms with E-state index in [0.717, 1.165) is 19.7 Å². The molecule has 0 amide bonds. The predicted molar refractivity (Wildman–Crippen MR) is 77.9 cm³/mol. The van der Waals surface area contributed by atoms with Gasteiger partial charge in [0.05, 0.1) is 6.61 Å². The second-order valence-electron chi connectivity index (χ2n) is 6.99. The Hall–Kier alpha value is -0.120. The Labute approximate surface area is 113 Å². The largest absolute Gasteiger partial charge is 0.383 e. The van der Waals surface area contributed by atoms with E-state index < -0.39 is 0 Å². The van der Waals surface area contributed by atoms with Gasteiger partial charge >= 0.3 is 0 Å². The number of nitrogens with zero attached hydrogens (tertiary/aromatic N) is 1. The molecule has 0 aromatic rings. The van der Waals surface area contributed by atoms with Crippen molar-refractivity contribution >= 4 is 0 Å². The highest BCUT2D eigenvalue weighted by atomic mass is 16.5. The van der Waals surface area contributed by atoms with Crippen molar-refractivity contribution in [3.8, 4) is 0 Å². The van der Waals surface area contributed by atoms with Gasteiger partial charge in [-0.2, -0.15) is 0 Å². The number of ether oxygens (including phenoxy) is 1. The average Bonchev–Trinajstić information content (AvgIpc) is 2.50. The van der Waals surface area contributed by atoms with Crippen molar-refractivity contribution in [1.29, 1.82) is 0 Å². The fourth-order valence-corrected chi connectivity index (χ4v) is 2.72. The van der Waals surface area contributed by atoms with Crippen LogP contribution < -0.4 is 5.32 Å². The maximum absolute atomic E-state index is 5.42. The summed E-state index contributed by atoms with van der Waals surface area (Å²) >= 11 is 0. The normalized spacial score (nSPS) is 25.2. The van der Waals surface area contributed by atoms with Crippen molar-refractivity contribution in [3.05, 3.63) is 0 Å². The molecule has 1 heterocycles. The second-order valence-corrected chi connectivity index (χ2v) is 6.99. The third kappa shape index (κ3) is 4.52. The fraction of sp³-hybridized carbons (Fsp3) is 1.00. The number of nitrogens with one attached hydrogen (secondary N) is 1. The van der Waals surface area contributed by atoms with Gasteiger partial charge in [0.1, 0.15) is 0 Å². The first-order valence-electron chi connectivity index (χ1n) is 7.32. The SMILES string of the molecule is COCC(C(C)C)N1CCCNC(C(C)(C)C)C1. The van der Waals surface area contributed by atoms with Crippen molar-refractivity contribution < 1.29 is 4.74 Å². The first-order chi connectivity index (χ1) is 8.36. The third-order valence-corrected chi connectivity index (χ3v) is 4.05. The van der Waals surface area contributed by atoms with Crippen LogP contribution in [0.1, 0.15) is 41.0 Å². The third-order valence-electron chi connectivity index (χ3n) is 4.05. The molecular formula is C15H32N2O. The summed E-state index contributed by atoms with van der Waals surface area (Å²) in [5.41, 5.74) is 0.317. The lowest BCUT2D eigenvalue weighted by atomic mass is 9.86. The summed E-state index contributed by atoms with van der Waals surface area (Å²) in [7, 11) is 1.81. The van der Waals surface area contributed by atoms with Gasteiger partial charge in [0.15, 0.2) is 0 Å². The Morgan fingerprint density at radius 1 is 1.33 bits per heavy atom. The van der Waals surface area contributed by atoms with Crippen LogP contribution in [0.5, 0.6) is 0 Å². The number of hydrogen-bond acceptors (Lipinski definition) is 3. The van der Waals surface area contributed by atoms with Crippen LogP contribution in [0.25, 0.3) is 0 Å². The monoisotopic (exact) mass is 256 g/mol. The minimum absolute atomic E-state index is 0.317. The molecule has 0 radical (unpaired) electrons. The molecule has 2 atom stereocenters. The molecule has 1 fully saturated rings. The molecule has 1 saturated heterocycles. The molecule has 108 valence electrons. The van der Waals surface area contributed by atoms with E-state index in [-0.39, 0.29) is 0 Å². The second kappa shape index (κ2) is 6.88. The van der Waals surface area contributed by atoms with E-state index in [2.05, 4.69) is 44.8 Å². The topological polar surface area (TPSA) is 24.5 Å². The van der Waals surface area contributed by atoms with Gasteiger partial charge in [-0.1, -0.05) is 34.6 Å². The lowest BCUT2D eigenvalue weighted by Crippen LogP contribution is -2.51. The van der Waals surface area contributed by atoms with Gasteiger partial charge in [-0.3, -0.25) is 4.90 Å². The van der Waals surface area contributed by atoms with Gasteiger partial charge in [-0.25, -0.2) is 0 Å². The summed E-state index contributed by atoms with van der Waals surface area (Å²) in [5, 5.41) is 3.70. The van der Waals surface area contributed by atoms with Crippen LogP contribution in [0.2, 0.25) is 0 Å². The summed E-state index contributed by atoms with van der Waals surface area (Å²) in [4.78, 5) is 2.63. The molecular weight excluding hydrogens is 224 g/mol. The maximum Gasteiger partial charge on any atom is 0.0620 e. The van der Waals surface area contributed by atoms with Crippen molar-refractivity contribution in [3.63, 3.8) is 0 Å². The molecule has 1 rings (SSSR count). The zero-order valence-corrected chi connectivity index (χ0v) is 13.1. The van der Waals surface area contributed by atoms with Crippen LogP contribution in [0.4, 0.5) is 0 Å². The smallest absolute Gasteiger partial charge is 0.0620 e. The Morgan fingerprint density at radius 3 is 2.50 bits per heavy atom. The van der Waals surface area contributed by atoms with Crippen LogP contribution in [-0.4, -0.2) is 50.3 Å². The molecule has 3 heteroatoms. The number of methoxy groups -OCH3 is 1. The molecule has 1 N–H and O–H groups in total. The lowest BCUT2D eigenvalue weighted by Gasteiger charge is -2.38. The molecule has 0 aromatic heterocycles. The Kier molecular flexibility index (Phi) is 6.09. The van der Waals surface area contributed by atoms with Gasteiger partial charge in [0, 0.05) is 25.7 Å². The van der Waals surface area contributed by atoms with E-state index in [1.165, 1.54) is 13.0 Å². The lowest BCUT2D eigenvalue weighted by molar-refractivity contribution is 0.0546. The first kappa shape index (κ1) is 15.9. The van der Waals surface area contributed by atoms with Gasteiger partial charge in [0.25, 0.3) is 0 Å². The van der Waals surface area contributed by atoms with Crippen LogP contribution >= 0.6 is 0 Å². The summed E-state index contributed by atoms with van der Waals surface area (Å²) in [6.45, 7) is 15.9. The highest BCUT2D eigenvalue weighted by Crippen LogP contribution is 2.24. The van der Waals surface area contributed by atoms with E-state index in [9.17, 15) is 0 Å². The summed E-state index contributed by atoms with van der Waals surface area (Å²) < 4.78 is 5.42. The van der Waals surface area contributed by atoms with Gasteiger partial charge in [-0.05, 0) is 30.8 Å². The maximum atomic E-state index is 5.42. The van der Waals surface area contributed by atoms with E-state index >= 15 is 0 Å². The molecule has 3 nitrogen and oxygen atoms in total. The highest BCUT2D eigenvalue weighted by Gasteiger charge is 2.31. The zero-order chi connectivity index (χ0) is 13.8. The summed E-state index contributed by atoms with van der Waals surface area (Å²) in [5.74, 6) is 0.642. The number of hydrogen-bond donors (Lipinski definition) is 1. The van der Waals surface area contributed by atoms with E-state index in [1.54, 1.807) is 0 Å². The minimum atomic E-state index is 0.317.